The molecule has 1 aliphatic rings. The second-order valence-corrected chi connectivity index (χ2v) is 6.39. The maximum atomic E-state index is 9.33. The van der Waals surface area contributed by atoms with Crippen molar-refractivity contribution in [2.75, 3.05) is 21.1 Å². The van der Waals surface area contributed by atoms with E-state index in [0.29, 0.717) is 5.41 Å². The summed E-state index contributed by atoms with van der Waals surface area (Å²) in [6.07, 6.45) is 7.28. The summed E-state index contributed by atoms with van der Waals surface area (Å²) in [5.41, 5.74) is 0. The maximum Gasteiger partial charge on any atom is 0.116 e. The van der Waals surface area contributed by atoms with Crippen LogP contribution in [0.4, 0.5) is 0 Å². The second kappa shape index (κ2) is 6.37. The zero-order valence-electron chi connectivity index (χ0n) is 10.5. The monoisotopic (exact) mass is 249 g/mol. The molecule has 0 radical (unpaired) electrons. The van der Waals surface area contributed by atoms with Crippen molar-refractivity contribution < 1.29 is 17.5 Å². The first-order valence-corrected chi connectivity index (χ1v) is 7.03. The molecule has 1 saturated carbocycles. The van der Waals surface area contributed by atoms with Gasteiger partial charge in [0.15, 0.2) is 0 Å². The molecule has 0 bridgehead atoms. The van der Waals surface area contributed by atoms with Gasteiger partial charge in [0.1, 0.15) is 10.1 Å². The zero-order chi connectivity index (χ0) is 12.8. The molecule has 0 saturated heterocycles. The van der Waals surface area contributed by atoms with Crippen molar-refractivity contribution in [2.45, 2.75) is 38.1 Å². The molecule has 0 N–H and O–H groups in total. The average molecular weight is 249 g/mol. The van der Waals surface area contributed by atoms with Gasteiger partial charge in [0.2, 0.25) is 0 Å². The summed E-state index contributed by atoms with van der Waals surface area (Å²) in [5, 5.41) is 0.354. The van der Waals surface area contributed by atoms with Gasteiger partial charge in [-0.05, 0) is 25.7 Å². The Kier molecular flexibility index (Phi) is 6.22. The minimum atomic E-state index is -4.15. The third-order valence-corrected chi connectivity index (χ3v) is 3.28. The molecule has 1 rings (SSSR count). The summed E-state index contributed by atoms with van der Waals surface area (Å²) in [6.45, 7) is 2.73. The van der Waals surface area contributed by atoms with E-state index in [-0.39, 0.29) is 0 Å². The van der Waals surface area contributed by atoms with E-state index in [1.54, 1.807) is 0 Å². The van der Waals surface area contributed by atoms with E-state index >= 15 is 0 Å². The van der Waals surface area contributed by atoms with Crippen molar-refractivity contribution >= 4 is 10.1 Å². The number of quaternary nitrogens is 1. The van der Waals surface area contributed by atoms with Crippen LogP contribution in [-0.2, 0) is 10.1 Å². The first-order valence-electron chi connectivity index (χ1n) is 5.56. The van der Waals surface area contributed by atoms with Crippen molar-refractivity contribution in [3.8, 4) is 0 Å². The largest absolute Gasteiger partial charge is 0.745 e. The molecule has 0 aromatic carbocycles. The predicted molar refractivity (Wildman–Crippen MR) is 64.8 cm³/mol. The Morgan fingerprint density at radius 3 is 1.75 bits per heavy atom. The second-order valence-electron chi connectivity index (χ2n) is 5.07. The van der Waals surface area contributed by atoms with Gasteiger partial charge in [0, 0.05) is 5.41 Å². The normalized spacial score (nSPS) is 18.5. The third-order valence-electron chi connectivity index (χ3n) is 2.87. The molecular weight excluding hydrogens is 226 g/mol. The fourth-order valence-electron chi connectivity index (χ4n) is 1.86. The molecule has 96 valence electrons. The summed E-state index contributed by atoms with van der Waals surface area (Å²) >= 11 is 0. The molecule has 1 fully saturated rings. The van der Waals surface area contributed by atoms with E-state index in [1.807, 2.05) is 0 Å². The van der Waals surface area contributed by atoms with Crippen LogP contribution in [0.2, 0.25) is 0 Å². The summed E-state index contributed by atoms with van der Waals surface area (Å²) in [6, 6.07) is 0.939. The molecule has 0 aliphatic heterocycles. The lowest BCUT2D eigenvalue weighted by atomic mass is 9.94. The van der Waals surface area contributed by atoms with E-state index in [9.17, 15) is 13.0 Å². The third kappa shape index (κ3) is 7.84. The molecule has 0 heterocycles. The Bertz CT molecular complexity index is 286. The number of hydrogen-bond donors (Lipinski definition) is 0. The quantitative estimate of drug-likeness (QED) is 0.553. The molecule has 0 aromatic heterocycles. The van der Waals surface area contributed by atoms with Gasteiger partial charge in [0.05, 0.1) is 27.2 Å². The fraction of sp³-hybridized carbons (Fsp3) is 0.818. The topological polar surface area (TPSA) is 57.2 Å². The molecule has 0 spiro atoms. The molecule has 0 unspecified atom stereocenters. The highest BCUT2D eigenvalue weighted by atomic mass is 32.2. The number of hydrogen-bond acceptors (Lipinski definition) is 3. The first-order chi connectivity index (χ1) is 7.17. The SMILES string of the molecule is C=CS(=O)(=O)[O-].C[N+](C)(C)C1CCCCC1. The van der Waals surface area contributed by atoms with E-state index in [0.717, 1.165) is 6.04 Å². The van der Waals surface area contributed by atoms with Crippen molar-refractivity contribution in [3.05, 3.63) is 12.0 Å². The number of rotatable bonds is 2. The minimum absolute atomic E-state index is 0.354. The van der Waals surface area contributed by atoms with Gasteiger partial charge in [-0.25, -0.2) is 8.42 Å². The molecule has 0 atom stereocenters. The Labute approximate surface area is 99.3 Å². The van der Waals surface area contributed by atoms with Gasteiger partial charge in [-0.3, -0.25) is 0 Å². The Hall–Kier alpha value is -0.390. The van der Waals surface area contributed by atoms with Gasteiger partial charge >= 0.3 is 0 Å². The van der Waals surface area contributed by atoms with Crippen molar-refractivity contribution in [3.63, 3.8) is 0 Å². The highest BCUT2D eigenvalue weighted by molar-refractivity contribution is 7.88. The van der Waals surface area contributed by atoms with Gasteiger partial charge < -0.3 is 9.04 Å². The minimum Gasteiger partial charge on any atom is -0.745 e. The van der Waals surface area contributed by atoms with E-state index in [2.05, 4.69) is 27.7 Å². The standard InChI is InChI=1S/C9H20N.C2H4O3S/c1-10(2,3)9-7-5-4-6-8-9;1-2-6(3,4)5/h9H,4-8H2,1-3H3;2H,1H2,(H,3,4,5)/q+1;/p-1. The predicted octanol–water partition coefficient (Wildman–Crippen LogP) is 1.70. The lowest BCUT2D eigenvalue weighted by Gasteiger charge is -2.36. The smallest absolute Gasteiger partial charge is 0.116 e. The summed E-state index contributed by atoms with van der Waals surface area (Å²) < 4.78 is 29.1. The van der Waals surface area contributed by atoms with Crippen LogP contribution >= 0.6 is 0 Å². The molecule has 4 nitrogen and oxygen atoms in total. The van der Waals surface area contributed by atoms with E-state index in [4.69, 9.17) is 0 Å². The van der Waals surface area contributed by atoms with Gasteiger partial charge in [-0.1, -0.05) is 13.0 Å². The molecule has 0 amide bonds. The van der Waals surface area contributed by atoms with Crippen LogP contribution < -0.4 is 0 Å². The van der Waals surface area contributed by atoms with Gasteiger partial charge in [-0.15, -0.1) is 0 Å². The Balaban J connectivity index is 0.000000325. The molecule has 0 aromatic rings. The molecule has 1 aliphatic carbocycles. The lowest BCUT2D eigenvalue weighted by molar-refractivity contribution is -0.897. The van der Waals surface area contributed by atoms with Gasteiger partial charge in [-0.2, -0.15) is 0 Å². The van der Waals surface area contributed by atoms with Crippen LogP contribution in [0.25, 0.3) is 0 Å². The molecule has 5 heteroatoms. The summed E-state index contributed by atoms with van der Waals surface area (Å²) in [7, 11) is 2.80. The van der Waals surface area contributed by atoms with Gasteiger partial charge in [0.25, 0.3) is 0 Å². The van der Waals surface area contributed by atoms with Crippen molar-refractivity contribution in [2.24, 2.45) is 0 Å². The van der Waals surface area contributed by atoms with Crippen LogP contribution in [0.15, 0.2) is 12.0 Å². The van der Waals surface area contributed by atoms with E-state index < -0.39 is 10.1 Å². The Morgan fingerprint density at radius 1 is 1.19 bits per heavy atom. The van der Waals surface area contributed by atoms with Crippen molar-refractivity contribution in [1.82, 2.24) is 0 Å². The maximum absolute atomic E-state index is 9.33. The number of nitrogens with zero attached hydrogens (tertiary/aromatic N) is 1. The van der Waals surface area contributed by atoms with Crippen LogP contribution in [0.5, 0.6) is 0 Å². The molecular formula is C11H23NO3S. The van der Waals surface area contributed by atoms with Crippen molar-refractivity contribution in [1.29, 1.82) is 0 Å². The van der Waals surface area contributed by atoms with Crippen LogP contribution in [-0.4, -0.2) is 44.6 Å². The summed E-state index contributed by atoms with van der Waals surface area (Å²) in [5.74, 6) is 0. The molecule has 16 heavy (non-hydrogen) atoms. The Morgan fingerprint density at radius 2 is 1.56 bits per heavy atom. The summed E-state index contributed by atoms with van der Waals surface area (Å²) in [4.78, 5) is 0. The highest BCUT2D eigenvalue weighted by Crippen LogP contribution is 2.23. The van der Waals surface area contributed by atoms with Crippen LogP contribution in [0.3, 0.4) is 0 Å². The highest BCUT2D eigenvalue weighted by Gasteiger charge is 2.24. The van der Waals surface area contributed by atoms with Crippen LogP contribution in [0.1, 0.15) is 32.1 Å². The van der Waals surface area contributed by atoms with Crippen LogP contribution in [0, 0.1) is 0 Å². The zero-order valence-corrected chi connectivity index (χ0v) is 11.3. The fourth-order valence-corrected chi connectivity index (χ4v) is 1.86. The van der Waals surface area contributed by atoms with E-state index in [1.165, 1.54) is 36.6 Å². The average Bonchev–Trinajstić information content (AvgIpc) is 2.18. The first kappa shape index (κ1) is 15.6. The lowest BCUT2D eigenvalue weighted by Crippen LogP contribution is -2.45.